The van der Waals surface area contributed by atoms with Crippen LogP contribution in [0.25, 0.3) is 109 Å². The first-order chi connectivity index (χ1) is 29.3. The number of rotatable bonds is 10. The summed E-state index contributed by atoms with van der Waals surface area (Å²) in [5, 5.41) is 16.4. The molecule has 4 nitrogen and oxygen atoms in total. The minimum atomic E-state index is 0.915. The number of nitrogens with zero attached hydrogens (tertiary/aromatic N) is 4. The van der Waals surface area contributed by atoms with Gasteiger partial charge in [0, 0.05) is 113 Å². The summed E-state index contributed by atoms with van der Waals surface area (Å²) in [4.78, 5) is 0. The van der Waals surface area contributed by atoms with E-state index in [0.717, 1.165) is 45.4 Å². The van der Waals surface area contributed by atoms with Crippen molar-refractivity contribution in [1.29, 1.82) is 0 Å². The molecule has 0 fully saturated rings. The molecule has 8 aromatic carbocycles. The molecule has 0 aliphatic rings. The summed E-state index contributed by atoms with van der Waals surface area (Å²) in [6.45, 7) is 8.47. The van der Waals surface area contributed by atoms with Crippen molar-refractivity contribution in [2.75, 3.05) is 0 Å². The van der Waals surface area contributed by atoms with E-state index in [9.17, 15) is 0 Å². The lowest BCUT2D eigenvalue weighted by Gasteiger charge is -2.15. The lowest BCUT2D eigenvalue weighted by Crippen LogP contribution is -2.05. The van der Waals surface area contributed by atoms with Crippen LogP contribution >= 0.6 is 0 Å². The van der Waals surface area contributed by atoms with Gasteiger partial charge in [-0.25, -0.2) is 0 Å². The van der Waals surface area contributed by atoms with Gasteiger partial charge in [-0.05, 0) is 43.5 Å². The quantitative estimate of drug-likeness (QED) is 0.132. The topological polar surface area (TPSA) is 19.7 Å². The highest BCUT2D eigenvalue weighted by Gasteiger charge is 2.25. The standard InChI is InChI=1S/C55H48N4/c1-3-5-32-56-44-28-15-11-24-40(44)48-50-42-26-13-17-30-46(42)58(54(50)38-22-9-7-20-36(38)52(48)56)34-19-35-59-47-31-18-14-27-43(47)51-49-41-25-12-16-29-45(41)57(33-6-4-2)53(49)37-21-8-10-23-39(37)55(51)59/h7-18,20-31H,3-6,19,32-35H2,1-2H3. The number of aryl methyl sites for hydroxylation is 4. The first-order valence-electron chi connectivity index (χ1n) is 21.9. The average Bonchev–Trinajstić information content (AvgIpc) is 4.01. The van der Waals surface area contributed by atoms with Crippen molar-refractivity contribution in [3.05, 3.63) is 146 Å². The van der Waals surface area contributed by atoms with Crippen LogP contribution in [-0.4, -0.2) is 18.3 Å². The molecule has 59 heavy (non-hydrogen) atoms. The summed E-state index contributed by atoms with van der Waals surface area (Å²) in [5.74, 6) is 0. The summed E-state index contributed by atoms with van der Waals surface area (Å²) in [5.41, 5.74) is 10.8. The number of aromatic nitrogens is 4. The first kappa shape index (κ1) is 34.5. The average molecular weight is 765 g/mol. The van der Waals surface area contributed by atoms with E-state index in [1.54, 1.807) is 0 Å². The van der Waals surface area contributed by atoms with Gasteiger partial charge in [-0.1, -0.05) is 148 Å². The van der Waals surface area contributed by atoms with Gasteiger partial charge in [0.15, 0.2) is 0 Å². The lowest BCUT2D eigenvalue weighted by molar-refractivity contribution is 0.604. The summed E-state index contributed by atoms with van der Waals surface area (Å²) < 4.78 is 10.6. The van der Waals surface area contributed by atoms with Crippen molar-refractivity contribution in [1.82, 2.24) is 18.3 Å². The second kappa shape index (κ2) is 13.5. The maximum absolute atomic E-state index is 2.66. The maximum Gasteiger partial charge on any atom is 0.0578 e. The van der Waals surface area contributed by atoms with E-state index in [1.165, 1.54) is 122 Å². The van der Waals surface area contributed by atoms with Crippen molar-refractivity contribution in [2.45, 2.75) is 72.1 Å². The van der Waals surface area contributed by atoms with E-state index in [0.29, 0.717) is 0 Å². The van der Waals surface area contributed by atoms with Crippen molar-refractivity contribution in [3.63, 3.8) is 0 Å². The van der Waals surface area contributed by atoms with Gasteiger partial charge >= 0.3 is 0 Å². The Kier molecular flexibility index (Phi) is 7.91. The summed E-state index contributed by atoms with van der Waals surface area (Å²) in [6, 6.07) is 55.0. The minimum Gasteiger partial charge on any atom is -0.340 e. The van der Waals surface area contributed by atoms with Crippen LogP contribution in [0.5, 0.6) is 0 Å². The van der Waals surface area contributed by atoms with Crippen LogP contribution in [0.1, 0.15) is 46.0 Å². The number of hydrogen-bond donors (Lipinski definition) is 0. The Hall–Kier alpha value is -6.52. The zero-order valence-corrected chi connectivity index (χ0v) is 34.0. The van der Waals surface area contributed by atoms with Gasteiger partial charge < -0.3 is 18.3 Å². The lowest BCUT2D eigenvalue weighted by atomic mass is 9.99. The van der Waals surface area contributed by atoms with Gasteiger partial charge in [0.1, 0.15) is 0 Å². The van der Waals surface area contributed by atoms with E-state index in [1.807, 2.05) is 0 Å². The molecule has 0 unspecified atom stereocenters. The maximum atomic E-state index is 2.66. The zero-order chi connectivity index (χ0) is 39.2. The highest BCUT2D eigenvalue weighted by Crippen LogP contribution is 2.47. The molecule has 0 aliphatic heterocycles. The first-order valence-corrected chi connectivity index (χ1v) is 21.9. The smallest absolute Gasteiger partial charge is 0.0578 e. The van der Waals surface area contributed by atoms with Crippen LogP contribution in [0.15, 0.2) is 146 Å². The van der Waals surface area contributed by atoms with Crippen LogP contribution in [0.4, 0.5) is 0 Å². The van der Waals surface area contributed by atoms with Gasteiger partial charge in [0.25, 0.3) is 0 Å². The van der Waals surface area contributed by atoms with Gasteiger partial charge in [0.05, 0.1) is 22.1 Å². The van der Waals surface area contributed by atoms with Crippen molar-refractivity contribution in [2.24, 2.45) is 0 Å². The van der Waals surface area contributed by atoms with Crippen LogP contribution in [0.2, 0.25) is 0 Å². The molecule has 0 bridgehead atoms. The highest BCUT2D eigenvalue weighted by atomic mass is 15.0. The predicted molar refractivity (Wildman–Crippen MR) is 254 cm³/mol. The number of hydrogen-bond acceptors (Lipinski definition) is 0. The molecule has 0 amide bonds. The molecule has 0 N–H and O–H groups in total. The monoisotopic (exact) mass is 764 g/mol. The van der Waals surface area contributed by atoms with E-state index < -0.39 is 0 Å². The molecule has 0 radical (unpaired) electrons. The Bertz CT molecular complexity index is 3380. The van der Waals surface area contributed by atoms with E-state index in [4.69, 9.17) is 0 Å². The summed E-state index contributed by atoms with van der Waals surface area (Å²) >= 11 is 0. The van der Waals surface area contributed by atoms with Crippen LogP contribution in [0, 0.1) is 0 Å². The van der Waals surface area contributed by atoms with Crippen LogP contribution in [0.3, 0.4) is 0 Å². The van der Waals surface area contributed by atoms with E-state index >= 15 is 0 Å². The Morgan fingerprint density at radius 1 is 0.271 bits per heavy atom. The molecule has 0 saturated carbocycles. The minimum absolute atomic E-state index is 0.915. The molecule has 12 rings (SSSR count). The third-order valence-corrected chi connectivity index (χ3v) is 13.5. The van der Waals surface area contributed by atoms with Crippen LogP contribution < -0.4 is 0 Å². The molecular weight excluding hydrogens is 717 g/mol. The van der Waals surface area contributed by atoms with Gasteiger partial charge in [-0.3, -0.25) is 0 Å². The molecule has 0 saturated heterocycles. The molecular formula is C55H48N4. The third-order valence-electron chi connectivity index (χ3n) is 13.5. The normalized spacial score (nSPS) is 12.5. The van der Waals surface area contributed by atoms with E-state index in [-0.39, 0.29) is 0 Å². The molecule has 4 aromatic heterocycles. The summed E-state index contributed by atoms with van der Waals surface area (Å²) in [7, 11) is 0. The van der Waals surface area contributed by atoms with Gasteiger partial charge in [0.2, 0.25) is 0 Å². The Balaban J connectivity index is 1.09. The number of benzene rings is 8. The second-order valence-corrected chi connectivity index (χ2v) is 16.7. The molecule has 4 heterocycles. The Morgan fingerprint density at radius 2 is 0.492 bits per heavy atom. The van der Waals surface area contributed by atoms with Gasteiger partial charge in [-0.2, -0.15) is 0 Å². The predicted octanol–water partition coefficient (Wildman–Crippen LogP) is 15.1. The molecule has 288 valence electrons. The Morgan fingerprint density at radius 3 is 0.746 bits per heavy atom. The third kappa shape index (κ3) is 4.83. The molecule has 0 aliphatic carbocycles. The number of para-hydroxylation sites is 4. The fraction of sp³-hybridized carbons (Fsp3) is 0.200. The fourth-order valence-corrected chi connectivity index (χ4v) is 11.1. The highest BCUT2D eigenvalue weighted by molar-refractivity contribution is 6.38. The zero-order valence-electron chi connectivity index (χ0n) is 34.0. The number of unbranched alkanes of at least 4 members (excludes halogenated alkanes) is 2. The fourth-order valence-electron chi connectivity index (χ4n) is 11.1. The number of fused-ring (bicyclic) bond motifs is 20. The molecule has 4 heteroatoms. The summed E-state index contributed by atoms with van der Waals surface area (Å²) in [6.07, 6.45) is 5.65. The molecule has 0 atom stereocenters. The molecule has 12 aromatic rings. The van der Waals surface area contributed by atoms with Crippen molar-refractivity contribution < 1.29 is 0 Å². The van der Waals surface area contributed by atoms with E-state index in [2.05, 4.69) is 178 Å². The van der Waals surface area contributed by atoms with Crippen LogP contribution in [-0.2, 0) is 26.2 Å². The van der Waals surface area contributed by atoms with Gasteiger partial charge in [-0.15, -0.1) is 0 Å². The van der Waals surface area contributed by atoms with Crippen molar-refractivity contribution in [3.8, 4) is 0 Å². The Labute approximate surface area is 343 Å². The molecule has 0 spiro atoms. The van der Waals surface area contributed by atoms with Crippen molar-refractivity contribution >= 4 is 109 Å². The second-order valence-electron chi connectivity index (χ2n) is 16.7. The SMILES string of the molecule is CCCCn1c2ccccc2c2c3c4ccccc4n(CCCn4c5ccccc5c5c6c7ccccc7n(CCCC)c6c6ccccc6c54)c3c3ccccc3c21. The largest absolute Gasteiger partial charge is 0.340 e.